The molecule has 0 N–H and O–H groups in total. The Hall–Kier alpha value is -0.990. The summed E-state index contributed by atoms with van der Waals surface area (Å²) >= 11 is 0. The van der Waals surface area contributed by atoms with Crippen molar-refractivity contribution in [3.63, 3.8) is 0 Å². The standard InChI is InChI=1S/C14H25NO2/c1-10(2)14(7-8-17-9-14)13(16)15(11(3)4)12(5)6/h7-8,10-12H,9H2,1-6H3. The van der Waals surface area contributed by atoms with Crippen LogP contribution in [-0.2, 0) is 9.53 Å². The number of carbonyl (C=O) groups is 1. The van der Waals surface area contributed by atoms with E-state index in [0.717, 1.165) is 0 Å². The number of nitrogens with zero attached hydrogens (tertiary/aromatic N) is 1. The molecule has 0 bridgehead atoms. The minimum atomic E-state index is -0.478. The lowest BCUT2D eigenvalue weighted by molar-refractivity contribution is -0.146. The Morgan fingerprint density at radius 3 is 2.00 bits per heavy atom. The maximum Gasteiger partial charge on any atom is 0.236 e. The van der Waals surface area contributed by atoms with Crippen LogP contribution in [0.15, 0.2) is 12.3 Å². The van der Waals surface area contributed by atoms with Gasteiger partial charge in [0.05, 0.1) is 6.26 Å². The largest absolute Gasteiger partial charge is 0.500 e. The highest BCUT2D eigenvalue weighted by Crippen LogP contribution is 2.36. The second kappa shape index (κ2) is 5.11. The number of carbonyl (C=O) groups excluding carboxylic acids is 1. The van der Waals surface area contributed by atoms with Gasteiger partial charge in [0.15, 0.2) is 0 Å². The molecular formula is C14H25NO2. The van der Waals surface area contributed by atoms with Crippen LogP contribution in [0.3, 0.4) is 0 Å². The molecule has 1 aliphatic rings. The van der Waals surface area contributed by atoms with Crippen molar-refractivity contribution in [1.82, 2.24) is 4.90 Å². The smallest absolute Gasteiger partial charge is 0.236 e. The Bertz CT molecular complexity index is 299. The lowest BCUT2D eigenvalue weighted by Gasteiger charge is -2.39. The molecular weight excluding hydrogens is 214 g/mol. The number of ether oxygens (including phenoxy) is 1. The molecule has 0 aromatic rings. The number of rotatable bonds is 4. The van der Waals surface area contributed by atoms with E-state index in [1.165, 1.54) is 0 Å². The van der Waals surface area contributed by atoms with Crippen molar-refractivity contribution >= 4 is 5.91 Å². The van der Waals surface area contributed by atoms with Gasteiger partial charge in [0.2, 0.25) is 5.91 Å². The van der Waals surface area contributed by atoms with Crippen LogP contribution in [0, 0.1) is 11.3 Å². The summed E-state index contributed by atoms with van der Waals surface area (Å²) < 4.78 is 5.32. The second-order valence-electron chi connectivity index (χ2n) is 5.71. The van der Waals surface area contributed by atoms with E-state index in [1.54, 1.807) is 6.26 Å². The maximum absolute atomic E-state index is 12.8. The van der Waals surface area contributed by atoms with Gasteiger partial charge < -0.3 is 9.64 Å². The summed E-state index contributed by atoms with van der Waals surface area (Å²) in [6.07, 6.45) is 3.59. The van der Waals surface area contributed by atoms with Gasteiger partial charge in [-0.2, -0.15) is 0 Å². The third kappa shape index (κ3) is 2.48. The summed E-state index contributed by atoms with van der Waals surface area (Å²) in [4.78, 5) is 14.7. The van der Waals surface area contributed by atoms with Crippen molar-refractivity contribution in [2.24, 2.45) is 11.3 Å². The summed E-state index contributed by atoms with van der Waals surface area (Å²) in [5.41, 5.74) is -0.478. The maximum atomic E-state index is 12.8. The quantitative estimate of drug-likeness (QED) is 0.755. The molecule has 98 valence electrons. The van der Waals surface area contributed by atoms with Crippen LogP contribution < -0.4 is 0 Å². The Morgan fingerprint density at radius 1 is 1.18 bits per heavy atom. The first-order valence-electron chi connectivity index (χ1n) is 6.45. The first kappa shape index (κ1) is 14.1. The molecule has 1 aliphatic heterocycles. The van der Waals surface area contributed by atoms with Gasteiger partial charge in [-0.1, -0.05) is 13.8 Å². The molecule has 0 radical (unpaired) electrons. The molecule has 0 saturated heterocycles. The summed E-state index contributed by atoms with van der Waals surface area (Å²) in [7, 11) is 0. The van der Waals surface area contributed by atoms with Crippen molar-refractivity contribution in [1.29, 1.82) is 0 Å². The zero-order valence-corrected chi connectivity index (χ0v) is 11.9. The number of amides is 1. The van der Waals surface area contributed by atoms with E-state index in [-0.39, 0.29) is 23.9 Å². The molecule has 3 nitrogen and oxygen atoms in total. The molecule has 0 aliphatic carbocycles. The molecule has 1 atom stereocenters. The van der Waals surface area contributed by atoms with Gasteiger partial charge in [0.1, 0.15) is 12.0 Å². The molecule has 1 rings (SSSR count). The second-order valence-corrected chi connectivity index (χ2v) is 5.71. The van der Waals surface area contributed by atoms with Crippen molar-refractivity contribution in [2.75, 3.05) is 6.61 Å². The first-order valence-corrected chi connectivity index (χ1v) is 6.45. The van der Waals surface area contributed by atoms with E-state index in [2.05, 4.69) is 41.5 Å². The van der Waals surface area contributed by atoms with Crippen molar-refractivity contribution in [3.8, 4) is 0 Å². The molecule has 3 heteroatoms. The average molecular weight is 239 g/mol. The van der Waals surface area contributed by atoms with E-state index in [9.17, 15) is 4.79 Å². The van der Waals surface area contributed by atoms with E-state index < -0.39 is 5.41 Å². The predicted octanol–water partition coefficient (Wildman–Crippen LogP) is 2.82. The van der Waals surface area contributed by atoms with Crippen LogP contribution >= 0.6 is 0 Å². The number of hydrogen-bond acceptors (Lipinski definition) is 2. The van der Waals surface area contributed by atoms with Gasteiger partial charge >= 0.3 is 0 Å². The van der Waals surface area contributed by atoms with Crippen molar-refractivity contribution in [3.05, 3.63) is 12.3 Å². The summed E-state index contributed by atoms with van der Waals surface area (Å²) in [6, 6.07) is 0.430. The van der Waals surface area contributed by atoms with Gasteiger partial charge in [-0.05, 0) is 39.7 Å². The van der Waals surface area contributed by atoms with Gasteiger partial charge in [0.25, 0.3) is 0 Å². The van der Waals surface area contributed by atoms with Crippen LogP contribution in [0.25, 0.3) is 0 Å². The van der Waals surface area contributed by atoms with Crippen LogP contribution in [0.1, 0.15) is 41.5 Å². The van der Waals surface area contributed by atoms with E-state index in [1.807, 2.05) is 11.0 Å². The van der Waals surface area contributed by atoms with E-state index >= 15 is 0 Å². The number of hydrogen-bond donors (Lipinski definition) is 0. The molecule has 1 heterocycles. The highest BCUT2D eigenvalue weighted by atomic mass is 16.5. The fourth-order valence-electron chi connectivity index (χ4n) is 2.45. The van der Waals surface area contributed by atoms with Crippen LogP contribution in [0.2, 0.25) is 0 Å². The van der Waals surface area contributed by atoms with Crippen LogP contribution in [0.4, 0.5) is 0 Å². The molecule has 0 spiro atoms. The van der Waals surface area contributed by atoms with E-state index in [0.29, 0.717) is 6.61 Å². The SMILES string of the molecule is CC(C)N(C(=O)C1(C(C)C)C=COC1)C(C)C. The normalized spacial score (nSPS) is 23.6. The fourth-order valence-corrected chi connectivity index (χ4v) is 2.45. The van der Waals surface area contributed by atoms with E-state index in [4.69, 9.17) is 4.74 Å². The van der Waals surface area contributed by atoms with Crippen molar-refractivity contribution in [2.45, 2.75) is 53.6 Å². The molecule has 0 fully saturated rings. The molecule has 1 amide bonds. The lowest BCUT2D eigenvalue weighted by atomic mass is 9.77. The summed E-state index contributed by atoms with van der Waals surface area (Å²) in [5.74, 6) is 0.431. The minimum Gasteiger partial charge on any atom is -0.500 e. The van der Waals surface area contributed by atoms with Gasteiger partial charge in [-0.25, -0.2) is 0 Å². The minimum absolute atomic E-state index is 0.186. The molecule has 17 heavy (non-hydrogen) atoms. The molecule has 0 aromatic heterocycles. The third-order valence-electron chi connectivity index (χ3n) is 3.56. The predicted molar refractivity (Wildman–Crippen MR) is 69.5 cm³/mol. The first-order chi connectivity index (χ1) is 7.83. The molecule has 0 aromatic carbocycles. The summed E-state index contributed by atoms with van der Waals surface area (Å²) in [5, 5.41) is 0. The highest BCUT2D eigenvalue weighted by Gasteiger charge is 2.46. The van der Waals surface area contributed by atoms with Crippen molar-refractivity contribution < 1.29 is 9.53 Å². The zero-order chi connectivity index (χ0) is 13.2. The Morgan fingerprint density at radius 2 is 1.71 bits per heavy atom. The van der Waals surface area contributed by atoms with Crippen LogP contribution in [0.5, 0.6) is 0 Å². The fraction of sp³-hybridized carbons (Fsp3) is 0.786. The topological polar surface area (TPSA) is 29.5 Å². The Labute approximate surface area is 105 Å². The molecule has 1 unspecified atom stereocenters. The third-order valence-corrected chi connectivity index (χ3v) is 3.56. The monoisotopic (exact) mass is 239 g/mol. The van der Waals surface area contributed by atoms with Gasteiger partial charge in [-0.15, -0.1) is 0 Å². The zero-order valence-electron chi connectivity index (χ0n) is 11.9. The van der Waals surface area contributed by atoms with Gasteiger partial charge in [-0.3, -0.25) is 4.79 Å². The highest BCUT2D eigenvalue weighted by molar-refractivity contribution is 5.86. The molecule has 0 saturated carbocycles. The lowest BCUT2D eigenvalue weighted by Crippen LogP contribution is -2.52. The average Bonchev–Trinajstić information content (AvgIpc) is 2.65. The summed E-state index contributed by atoms with van der Waals surface area (Å²) in [6.45, 7) is 12.9. The Balaban J connectivity index is 3.03. The van der Waals surface area contributed by atoms with Crippen LogP contribution in [-0.4, -0.2) is 29.5 Å². The Kier molecular flexibility index (Phi) is 4.23. The van der Waals surface area contributed by atoms with Gasteiger partial charge in [0, 0.05) is 12.1 Å².